The maximum atomic E-state index is 12.6. The number of alkyl halides is 3. The van der Waals surface area contributed by atoms with E-state index in [2.05, 4.69) is 0 Å². The van der Waals surface area contributed by atoms with E-state index < -0.39 is 17.7 Å². The molecule has 0 heterocycles. The summed E-state index contributed by atoms with van der Waals surface area (Å²) in [6, 6.07) is 0. The van der Waals surface area contributed by atoms with E-state index in [1.165, 1.54) is 6.08 Å². The molecule has 1 atom stereocenters. The predicted octanol–water partition coefficient (Wildman–Crippen LogP) is 4.02. The zero-order valence-electron chi connectivity index (χ0n) is 8.23. The second-order valence-electron chi connectivity index (χ2n) is 3.41. The summed E-state index contributed by atoms with van der Waals surface area (Å²) in [5, 5.41) is 0. The fourth-order valence-electron chi connectivity index (χ4n) is 1.49. The first-order chi connectivity index (χ1) is 6.45. The quantitative estimate of drug-likeness (QED) is 0.602. The van der Waals surface area contributed by atoms with Crippen molar-refractivity contribution in [3.05, 3.63) is 35.5 Å². The fraction of sp³-hybridized carbons (Fsp3) is 0.455. The zero-order chi connectivity index (χ0) is 10.8. The minimum Gasteiger partial charge on any atom is -0.166 e. The van der Waals surface area contributed by atoms with Crippen molar-refractivity contribution in [2.45, 2.75) is 26.4 Å². The molecule has 0 aromatic rings. The van der Waals surface area contributed by atoms with Gasteiger partial charge >= 0.3 is 6.18 Å². The van der Waals surface area contributed by atoms with Crippen LogP contribution < -0.4 is 0 Å². The molecule has 0 N–H and O–H groups in total. The molecule has 0 spiro atoms. The number of hydrogen-bond acceptors (Lipinski definition) is 0. The van der Waals surface area contributed by atoms with Crippen molar-refractivity contribution in [2.24, 2.45) is 5.92 Å². The molecule has 0 bridgehead atoms. The molecule has 1 rings (SSSR count). The van der Waals surface area contributed by atoms with Gasteiger partial charge in [-0.2, -0.15) is 13.2 Å². The smallest absolute Gasteiger partial charge is 0.166 e. The molecular weight excluding hydrogens is 189 g/mol. The maximum Gasteiger partial charge on any atom is 0.413 e. The highest BCUT2D eigenvalue weighted by atomic mass is 19.4. The Balaban J connectivity index is 3.08. The Hall–Kier alpha value is -0.990. The summed E-state index contributed by atoms with van der Waals surface area (Å²) in [4.78, 5) is 0. The molecule has 0 aliphatic heterocycles. The van der Waals surface area contributed by atoms with Crippen LogP contribution in [0.2, 0.25) is 0 Å². The van der Waals surface area contributed by atoms with Gasteiger partial charge in [-0.05, 0) is 13.3 Å². The largest absolute Gasteiger partial charge is 0.413 e. The minimum absolute atomic E-state index is 0.442. The Morgan fingerprint density at radius 2 is 2.00 bits per heavy atom. The number of allylic oxidation sites excluding steroid dienone is 6. The zero-order valence-corrected chi connectivity index (χ0v) is 8.23. The molecular formula is C11H13F3. The summed E-state index contributed by atoms with van der Waals surface area (Å²) in [6.07, 6.45) is 2.48. The van der Waals surface area contributed by atoms with Crippen molar-refractivity contribution in [3.8, 4) is 0 Å². The van der Waals surface area contributed by atoms with Gasteiger partial charge in [-0.3, -0.25) is 0 Å². The lowest BCUT2D eigenvalue weighted by atomic mass is 9.95. The van der Waals surface area contributed by atoms with Crippen LogP contribution >= 0.6 is 0 Å². The topological polar surface area (TPSA) is 0 Å². The van der Waals surface area contributed by atoms with Gasteiger partial charge < -0.3 is 0 Å². The highest BCUT2D eigenvalue weighted by Gasteiger charge is 2.37. The van der Waals surface area contributed by atoms with E-state index >= 15 is 0 Å². The van der Waals surface area contributed by atoms with Crippen LogP contribution in [0, 0.1) is 5.92 Å². The first kappa shape index (κ1) is 11.1. The van der Waals surface area contributed by atoms with Crippen LogP contribution in [0.3, 0.4) is 0 Å². The summed E-state index contributed by atoms with van der Waals surface area (Å²) in [5.74, 6) is -0.510. The molecule has 3 heteroatoms. The third-order valence-electron chi connectivity index (χ3n) is 2.25. The first-order valence-electron chi connectivity index (χ1n) is 4.59. The van der Waals surface area contributed by atoms with Crippen LogP contribution in [0.25, 0.3) is 0 Å². The Bertz CT molecular complexity index is 292. The van der Waals surface area contributed by atoms with Crippen molar-refractivity contribution in [1.82, 2.24) is 0 Å². The van der Waals surface area contributed by atoms with E-state index in [4.69, 9.17) is 0 Å². The van der Waals surface area contributed by atoms with Gasteiger partial charge in [0.25, 0.3) is 0 Å². The van der Waals surface area contributed by atoms with Crippen LogP contribution in [0.4, 0.5) is 13.2 Å². The Morgan fingerprint density at radius 1 is 1.36 bits per heavy atom. The molecule has 1 unspecified atom stereocenters. The van der Waals surface area contributed by atoms with E-state index in [1.807, 2.05) is 0 Å². The highest BCUT2D eigenvalue weighted by Crippen LogP contribution is 2.35. The van der Waals surface area contributed by atoms with Crippen molar-refractivity contribution >= 4 is 0 Å². The van der Waals surface area contributed by atoms with Gasteiger partial charge in [-0.25, -0.2) is 0 Å². The van der Waals surface area contributed by atoms with Crippen LogP contribution in [0.15, 0.2) is 35.5 Å². The monoisotopic (exact) mass is 202 g/mol. The molecule has 1 aliphatic rings. The first-order valence-corrected chi connectivity index (χ1v) is 4.59. The lowest BCUT2D eigenvalue weighted by molar-refractivity contribution is -0.0973. The van der Waals surface area contributed by atoms with Crippen LogP contribution in [0.1, 0.15) is 20.3 Å². The fourth-order valence-corrected chi connectivity index (χ4v) is 1.49. The summed E-state index contributed by atoms with van der Waals surface area (Å²) in [5.41, 5.74) is 0.201. The molecule has 0 saturated carbocycles. The van der Waals surface area contributed by atoms with Gasteiger partial charge in [0.2, 0.25) is 0 Å². The van der Waals surface area contributed by atoms with E-state index in [0.717, 1.165) is 0 Å². The van der Waals surface area contributed by atoms with Crippen molar-refractivity contribution in [3.63, 3.8) is 0 Å². The third-order valence-corrected chi connectivity index (χ3v) is 2.25. The standard InChI is InChI=1S/C11H13F3/c1-3-9-6-4-5-8(2)7-10(9)11(12,13)14/h4-7,9H,3H2,1-2H3. The Labute approximate surface area is 81.8 Å². The molecule has 78 valence electrons. The average molecular weight is 202 g/mol. The molecule has 14 heavy (non-hydrogen) atoms. The van der Waals surface area contributed by atoms with Gasteiger partial charge in [-0.1, -0.05) is 36.8 Å². The number of hydrogen-bond donors (Lipinski definition) is 0. The third kappa shape index (κ3) is 2.50. The van der Waals surface area contributed by atoms with Crippen molar-refractivity contribution in [1.29, 1.82) is 0 Å². The number of halogens is 3. The van der Waals surface area contributed by atoms with E-state index in [1.54, 1.807) is 32.1 Å². The highest BCUT2D eigenvalue weighted by molar-refractivity contribution is 5.34. The van der Waals surface area contributed by atoms with Crippen LogP contribution in [-0.4, -0.2) is 6.18 Å². The van der Waals surface area contributed by atoms with Gasteiger partial charge in [0.05, 0.1) is 0 Å². The lowest BCUT2D eigenvalue weighted by Crippen LogP contribution is -2.18. The second-order valence-corrected chi connectivity index (χ2v) is 3.41. The summed E-state index contributed by atoms with van der Waals surface area (Å²) < 4.78 is 37.8. The molecule has 1 aliphatic carbocycles. The Kier molecular flexibility index (Phi) is 3.19. The van der Waals surface area contributed by atoms with Gasteiger partial charge in [0.15, 0.2) is 0 Å². The van der Waals surface area contributed by atoms with E-state index in [9.17, 15) is 13.2 Å². The lowest BCUT2D eigenvalue weighted by Gasteiger charge is -2.17. The SMILES string of the molecule is CCC1C=CC=C(C)C=C1C(F)(F)F. The molecule has 0 fully saturated rings. The summed E-state index contributed by atoms with van der Waals surface area (Å²) in [7, 11) is 0. The van der Waals surface area contributed by atoms with Crippen molar-refractivity contribution in [2.75, 3.05) is 0 Å². The van der Waals surface area contributed by atoms with Gasteiger partial charge in [0.1, 0.15) is 0 Å². The molecule has 0 aromatic heterocycles. The molecule has 0 nitrogen and oxygen atoms in total. The Morgan fingerprint density at radius 3 is 2.50 bits per heavy atom. The predicted molar refractivity (Wildman–Crippen MR) is 50.8 cm³/mol. The summed E-state index contributed by atoms with van der Waals surface area (Å²) >= 11 is 0. The maximum absolute atomic E-state index is 12.6. The van der Waals surface area contributed by atoms with Crippen molar-refractivity contribution < 1.29 is 13.2 Å². The van der Waals surface area contributed by atoms with Gasteiger partial charge in [0, 0.05) is 11.5 Å². The van der Waals surface area contributed by atoms with E-state index in [0.29, 0.717) is 12.0 Å². The molecule has 0 amide bonds. The minimum atomic E-state index is -4.22. The van der Waals surface area contributed by atoms with Crippen LogP contribution in [-0.2, 0) is 0 Å². The normalized spacial score (nSPS) is 22.8. The van der Waals surface area contributed by atoms with Crippen LogP contribution in [0.5, 0.6) is 0 Å². The van der Waals surface area contributed by atoms with E-state index in [-0.39, 0.29) is 0 Å². The molecule has 0 aromatic carbocycles. The summed E-state index contributed by atoms with van der Waals surface area (Å²) in [6.45, 7) is 3.43. The van der Waals surface area contributed by atoms with Gasteiger partial charge in [-0.15, -0.1) is 0 Å². The number of rotatable bonds is 1. The second kappa shape index (κ2) is 4.03. The molecule has 0 saturated heterocycles. The molecule has 0 radical (unpaired) electrons. The average Bonchev–Trinajstić information content (AvgIpc) is 2.25.